The van der Waals surface area contributed by atoms with Gasteiger partial charge in [-0.1, -0.05) is 37.5 Å². The molecule has 0 spiro atoms. The highest BCUT2D eigenvalue weighted by molar-refractivity contribution is 5.88. The summed E-state index contributed by atoms with van der Waals surface area (Å²) >= 11 is 0. The topological polar surface area (TPSA) is 75.6 Å². The Labute approximate surface area is 129 Å². The van der Waals surface area contributed by atoms with E-state index >= 15 is 0 Å². The number of rotatable bonds is 3. The van der Waals surface area contributed by atoms with E-state index in [9.17, 15) is 14.7 Å². The average Bonchev–Trinajstić information content (AvgIpc) is 2.55. The lowest BCUT2D eigenvalue weighted by Crippen LogP contribution is -2.57. The molecule has 1 amide bonds. The second-order valence-corrected chi connectivity index (χ2v) is 6.26. The minimum atomic E-state index is -1.09. The number of para-hydroxylation sites is 1. The number of hydrogen-bond donors (Lipinski definition) is 2. The van der Waals surface area contributed by atoms with Gasteiger partial charge in [0.05, 0.1) is 5.92 Å². The van der Waals surface area contributed by atoms with Crippen molar-refractivity contribution in [3.63, 3.8) is 0 Å². The lowest BCUT2D eigenvalue weighted by molar-refractivity contribution is -0.150. The van der Waals surface area contributed by atoms with E-state index in [2.05, 4.69) is 5.32 Å². The Balaban J connectivity index is 1.70. The zero-order valence-corrected chi connectivity index (χ0v) is 12.5. The fraction of sp³-hybridized carbons (Fsp3) is 0.529. The number of ether oxygens (including phenoxy) is 1. The van der Waals surface area contributed by atoms with Gasteiger partial charge in [-0.25, -0.2) is 4.79 Å². The molecule has 1 fully saturated rings. The molecule has 3 rings (SSSR count). The van der Waals surface area contributed by atoms with E-state index in [1.165, 1.54) is 0 Å². The Bertz CT molecular complexity index is 578. The Morgan fingerprint density at radius 2 is 1.91 bits per heavy atom. The monoisotopic (exact) mass is 303 g/mol. The number of hydrogen-bond acceptors (Lipinski definition) is 3. The molecule has 2 N–H and O–H groups in total. The zero-order chi connectivity index (χ0) is 15.6. The molecule has 5 heteroatoms. The molecule has 118 valence electrons. The smallest absolute Gasteiger partial charge is 0.329 e. The van der Waals surface area contributed by atoms with E-state index in [4.69, 9.17) is 4.74 Å². The summed E-state index contributed by atoms with van der Waals surface area (Å²) in [6.45, 7) is 0.304. The van der Waals surface area contributed by atoms with E-state index in [-0.39, 0.29) is 11.8 Å². The predicted octanol–water partition coefficient (Wildman–Crippen LogP) is 2.14. The van der Waals surface area contributed by atoms with Crippen molar-refractivity contribution < 1.29 is 19.4 Å². The summed E-state index contributed by atoms with van der Waals surface area (Å²) in [6.07, 6.45) is 4.34. The van der Waals surface area contributed by atoms with E-state index in [1.54, 1.807) is 0 Å². The Morgan fingerprint density at radius 3 is 2.64 bits per heavy atom. The van der Waals surface area contributed by atoms with Crippen LogP contribution in [0.2, 0.25) is 0 Å². The van der Waals surface area contributed by atoms with Crippen LogP contribution in [0.15, 0.2) is 24.3 Å². The largest absolute Gasteiger partial charge is 0.492 e. The SMILES string of the molecule is O=C(NC1(C(=O)O)CCCCC1)C1COc2ccccc2C1. The summed E-state index contributed by atoms with van der Waals surface area (Å²) in [6, 6.07) is 7.66. The second-order valence-electron chi connectivity index (χ2n) is 6.26. The third-order valence-electron chi connectivity index (χ3n) is 4.73. The number of nitrogens with one attached hydrogen (secondary N) is 1. The number of carboxylic acids is 1. The molecule has 22 heavy (non-hydrogen) atoms. The summed E-state index contributed by atoms with van der Waals surface area (Å²) in [4.78, 5) is 24.2. The van der Waals surface area contributed by atoms with Crippen LogP contribution in [0.3, 0.4) is 0 Å². The molecule has 1 atom stereocenters. The first kappa shape index (κ1) is 14.9. The number of amides is 1. The Kier molecular flexibility index (Phi) is 4.05. The van der Waals surface area contributed by atoms with Crippen LogP contribution in [0.5, 0.6) is 5.75 Å². The van der Waals surface area contributed by atoms with E-state index in [1.807, 2.05) is 24.3 Å². The minimum Gasteiger partial charge on any atom is -0.492 e. The van der Waals surface area contributed by atoms with Gasteiger partial charge in [0.2, 0.25) is 5.91 Å². The Morgan fingerprint density at radius 1 is 1.18 bits per heavy atom. The van der Waals surface area contributed by atoms with E-state index in [0.29, 0.717) is 25.9 Å². The molecule has 1 aliphatic carbocycles. The summed E-state index contributed by atoms with van der Waals surface area (Å²) in [5, 5.41) is 12.4. The minimum absolute atomic E-state index is 0.209. The van der Waals surface area contributed by atoms with Gasteiger partial charge in [-0.05, 0) is 30.9 Å². The highest BCUT2D eigenvalue weighted by atomic mass is 16.5. The molecule has 1 saturated carbocycles. The number of carbonyl (C=O) groups is 2. The summed E-state index contributed by atoms with van der Waals surface area (Å²) < 4.78 is 5.63. The number of fused-ring (bicyclic) bond motifs is 1. The number of carbonyl (C=O) groups excluding carboxylic acids is 1. The van der Waals surface area contributed by atoms with Gasteiger partial charge in [-0.3, -0.25) is 4.79 Å². The van der Waals surface area contributed by atoms with Gasteiger partial charge in [0.1, 0.15) is 17.9 Å². The van der Waals surface area contributed by atoms with Crippen LogP contribution in [0.25, 0.3) is 0 Å². The fourth-order valence-corrected chi connectivity index (χ4v) is 3.38. The van der Waals surface area contributed by atoms with E-state index in [0.717, 1.165) is 30.6 Å². The molecular weight excluding hydrogens is 282 g/mol. The predicted molar refractivity (Wildman–Crippen MR) is 80.7 cm³/mol. The molecule has 1 aromatic carbocycles. The number of carboxylic acid groups (broad SMARTS) is 1. The van der Waals surface area contributed by atoms with Crippen LogP contribution in [0.4, 0.5) is 0 Å². The molecule has 0 radical (unpaired) electrons. The maximum Gasteiger partial charge on any atom is 0.329 e. The summed E-state index contributed by atoms with van der Waals surface area (Å²) in [5.74, 6) is -0.637. The normalized spacial score (nSPS) is 23.0. The summed E-state index contributed by atoms with van der Waals surface area (Å²) in [5.41, 5.74) is -0.0892. The van der Waals surface area contributed by atoms with E-state index < -0.39 is 11.5 Å². The van der Waals surface area contributed by atoms with Crippen molar-refractivity contribution in [1.82, 2.24) is 5.32 Å². The molecule has 1 heterocycles. The maximum atomic E-state index is 12.5. The van der Waals surface area contributed by atoms with Crippen LogP contribution in [0, 0.1) is 5.92 Å². The molecule has 1 aromatic rings. The van der Waals surface area contributed by atoms with Gasteiger partial charge in [0, 0.05) is 0 Å². The van der Waals surface area contributed by atoms with Gasteiger partial charge >= 0.3 is 5.97 Å². The highest BCUT2D eigenvalue weighted by Gasteiger charge is 2.42. The van der Waals surface area contributed by atoms with Crippen LogP contribution < -0.4 is 10.1 Å². The maximum absolute atomic E-state index is 12.5. The first-order chi connectivity index (χ1) is 10.6. The van der Waals surface area contributed by atoms with Gasteiger partial charge in [0.15, 0.2) is 0 Å². The highest BCUT2D eigenvalue weighted by Crippen LogP contribution is 2.31. The van der Waals surface area contributed by atoms with Gasteiger partial charge in [0.25, 0.3) is 0 Å². The van der Waals surface area contributed by atoms with Crippen molar-refractivity contribution in [2.45, 2.75) is 44.1 Å². The van der Waals surface area contributed by atoms with Crippen molar-refractivity contribution in [3.05, 3.63) is 29.8 Å². The third-order valence-corrected chi connectivity index (χ3v) is 4.73. The third kappa shape index (κ3) is 2.80. The van der Waals surface area contributed by atoms with Gasteiger partial charge in [-0.2, -0.15) is 0 Å². The molecule has 1 aliphatic heterocycles. The molecule has 5 nitrogen and oxygen atoms in total. The molecule has 0 aromatic heterocycles. The van der Waals surface area contributed by atoms with Crippen molar-refractivity contribution in [3.8, 4) is 5.75 Å². The van der Waals surface area contributed by atoms with Gasteiger partial charge < -0.3 is 15.2 Å². The first-order valence-electron chi connectivity index (χ1n) is 7.87. The first-order valence-corrected chi connectivity index (χ1v) is 7.87. The molecule has 0 saturated heterocycles. The van der Waals surface area contributed by atoms with Gasteiger partial charge in [-0.15, -0.1) is 0 Å². The van der Waals surface area contributed by atoms with Crippen molar-refractivity contribution >= 4 is 11.9 Å². The van der Waals surface area contributed by atoms with Crippen LogP contribution in [-0.2, 0) is 16.0 Å². The quantitative estimate of drug-likeness (QED) is 0.897. The second kappa shape index (κ2) is 5.99. The molecule has 0 bridgehead atoms. The zero-order valence-electron chi connectivity index (χ0n) is 12.5. The van der Waals surface area contributed by atoms with Crippen molar-refractivity contribution in [2.24, 2.45) is 5.92 Å². The fourth-order valence-electron chi connectivity index (χ4n) is 3.38. The molecule has 2 aliphatic rings. The Hall–Kier alpha value is -2.04. The van der Waals surface area contributed by atoms with Crippen LogP contribution >= 0.6 is 0 Å². The average molecular weight is 303 g/mol. The number of benzene rings is 1. The lowest BCUT2D eigenvalue weighted by atomic mass is 9.81. The van der Waals surface area contributed by atoms with Crippen LogP contribution in [-0.4, -0.2) is 29.1 Å². The standard InChI is InChI=1S/C17H21NO4/c19-15(18-17(16(20)21)8-4-1-5-9-17)13-10-12-6-2-3-7-14(12)22-11-13/h2-3,6-7,13H,1,4-5,8-11H2,(H,18,19)(H,20,21). The number of aliphatic carboxylic acids is 1. The van der Waals surface area contributed by atoms with Crippen LogP contribution in [0.1, 0.15) is 37.7 Å². The molecule has 1 unspecified atom stereocenters. The molecular formula is C17H21NO4. The lowest BCUT2D eigenvalue weighted by Gasteiger charge is -2.35. The van der Waals surface area contributed by atoms with Crippen molar-refractivity contribution in [1.29, 1.82) is 0 Å². The summed E-state index contributed by atoms with van der Waals surface area (Å²) in [7, 11) is 0. The van der Waals surface area contributed by atoms with Crippen molar-refractivity contribution in [2.75, 3.05) is 6.61 Å².